The highest BCUT2D eigenvalue weighted by molar-refractivity contribution is 6.30. The number of cyclic esters (lactones) is 1. The average molecular weight is 497 g/mol. The quantitative estimate of drug-likeness (QED) is 0.442. The molecule has 9 heteroatoms. The Hall–Kier alpha value is -2.22. The fourth-order valence-electron chi connectivity index (χ4n) is 4.15. The number of halogens is 3. The largest absolute Gasteiger partial charge is 0.494 e. The number of hydrogen-bond donors (Lipinski definition) is 0. The van der Waals surface area contributed by atoms with Crippen LogP contribution in [0.1, 0.15) is 19.3 Å². The topological polar surface area (TPSA) is 51.2 Å². The lowest BCUT2D eigenvalue weighted by atomic mass is 10.0. The standard InChI is InChI=1S/C24H27Cl2FN2O4/c25-17-2-4-19(5-3-17)31-13-1-10-28-11-8-18(9-12-28)29-15-21(33-24(29)30)16-32-20-6-7-22(26)23(27)14-20/h2-7,14,18,21H,1,8-13,15-16H2. The smallest absolute Gasteiger partial charge is 0.410 e. The normalized spacial score (nSPS) is 19.5. The van der Waals surface area contributed by atoms with E-state index in [1.807, 2.05) is 24.3 Å². The van der Waals surface area contributed by atoms with Crippen molar-refractivity contribution in [1.82, 2.24) is 9.80 Å². The fraction of sp³-hybridized carbons (Fsp3) is 0.458. The van der Waals surface area contributed by atoms with Crippen LogP contribution in [0.4, 0.5) is 9.18 Å². The summed E-state index contributed by atoms with van der Waals surface area (Å²) in [6, 6.07) is 11.8. The van der Waals surface area contributed by atoms with Crippen LogP contribution in [0, 0.1) is 5.82 Å². The van der Waals surface area contributed by atoms with Crippen LogP contribution in [0.3, 0.4) is 0 Å². The van der Waals surface area contributed by atoms with Gasteiger partial charge in [-0.2, -0.15) is 0 Å². The van der Waals surface area contributed by atoms with Crippen molar-refractivity contribution in [2.24, 2.45) is 0 Å². The van der Waals surface area contributed by atoms with Gasteiger partial charge in [-0.15, -0.1) is 0 Å². The van der Waals surface area contributed by atoms with Crippen molar-refractivity contribution in [3.05, 3.63) is 58.3 Å². The summed E-state index contributed by atoms with van der Waals surface area (Å²) in [4.78, 5) is 16.6. The average Bonchev–Trinajstić information content (AvgIpc) is 3.19. The molecule has 0 spiro atoms. The Morgan fingerprint density at radius 3 is 2.48 bits per heavy atom. The van der Waals surface area contributed by atoms with Gasteiger partial charge in [-0.1, -0.05) is 23.2 Å². The lowest BCUT2D eigenvalue weighted by Crippen LogP contribution is -2.46. The van der Waals surface area contributed by atoms with Gasteiger partial charge in [-0.25, -0.2) is 9.18 Å². The first-order valence-electron chi connectivity index (χ1n) is 11.1. The van der Waals surface area contributed by atoms with E-state index in [-0.39, 0.29) is 29.9 Å². The molecule has 2 saturated heterocycles. The summed E-state index contributed by atoms with van der Waals surface area (Å²) in [6.45, 7) is 4.13. The van der Waals surface area contributed by atoms with E-state index >= 15 is 0 Å². The second-order valence-corrected chi connectivity index (χ2v) is 9.12. The molecule has 1 unspecified atom stereocenters. The van der Waals surface area contributed by atoms with Gasteiger partial charge in [0, 0.05) is 36.8 Å². The molecule has 2 aliphatic heterocycles. The molecule has 2 aliphatic rings. The molecule has 6 nitrogen and oxygen atoms in total. The molecule has 178 valence electrons. The molecule has 33 heavy (non-hydrogen) atoms. The van der Waals surface area contributed by atoms with Crippen molar-refractivity contribution in [1.29, 1.82) is 0 Å². The second kappa shape index (κ2) is 11.3. The molecular formula is C24H27Cl2FN2O4. The van der Waals surface area contributed by atoms with Gasteiger partial charge in [0.15, 0.2) is 6.10 Å². The summed E-state index contributed by atoms with van der Waals surface area (Å²) in [7, 11) is 0. The van der Waals surface area contributed by atoms with Crippen LogP contribution < -0.4 is 9.47 Å². The Morgan fingerprint density at radius 1 is 1.03 bits per heavy atom. The number of carbonyl (C=O) groups excluding carboxylic acids is 1. The minimum Gasteiger partial charge on any atom is -0.494 e. The Balaban J connectivity index is 1.14. The minimum atomic E-state index is -0.539. The molecule has 2 heterocycles. The molecule has 0 aromatic heterocycles. The van der Waals surface area contributed by atoms with Crippen LogP contribution in [0.2, 0.25) is 10.0 Å². The van der Waals surface area contributed by atoms with Crippen LogP contribution in [0.25, 0.3) is 0 Å². The van der Waals surface area contributed by atoms with Gasteiger partial charge in [0.05, 0.1) is 18.2 Å². The van der Waals surface area contributed by atoms with E-state index in [1.54, 1.807) is 11.0 Å². The molecule has 0 aliphatic carbocycles. The molecule has 2 fully saturated rings. The van der Waals surface area contributed by atoms with Crippen molar-refractivity contribution in [2.45, 2.75) is 31.4 Å². The molecule has 0 bridgehead atoms. The van der Waals surface area contributed by atoms with E-state index in [1.165, 1.54) is 12.1 Å². The zero-order valence-electron chi connectivity index (χ0n) is 18.2. The third-order valence-electron chi connectivity index (χ3n) is 5.93. The van der Waals surface area contributed by atoms with Crippen molar-refractivity contribution >= 4 is 29.3 Å². The van der Waals surface area contributed by atoms with Gasteiger partial charge in [0.2, 0.25) is 0 Å². The summed E-state index contributed by atoms with van der Waals surface area (Å²) in [5.41, 5.74) is 0. The molecule has 2 aromatic carbocycles. The summed E-state index contributed by atoms with van der Waals surface area (Å²) >= 11 is 11.6. The van der Waals surface area contributed by atoms with Gasteiger partial charge >= 0.3 is 6.09 Å². The first kappa shape index (κ1) is 23.9. The van der Waals surface area contributed by atoms with Crippen LogP contribution in [-0.2, 0) is 4.74 Å². The maximum absolute atomic E-state index is 13.5. The molecule has 4 rings (SSSR count). The lowest BCUT2D eigenvalue weighted by Gasteiger charge is -2.35. The van der Waals surface area contributed by atoms with E-state index in [2.05, 4.69) is 4.90 Å². The highest BCUT2D eigenvalue weighted by Crippen LogP contribution is 2.25. The predicted octanol–water partition coefficient (Wildman–Crippen LogP) is 5.27. The zero-order valence-corrected chi connectivity index (χ0v) is 19.7. The molecule has 0 saturated carbocycles. The predicted molar refractivity (Wildman–Crippen MR) is 125 cm³/mol. The Labute approximate surface area is 203 Å². The summed E-state index contributed by atoms with van der Waals surface area (Å²) in [6.07, 6.45) is 2.07. The third kappa shape index (κ3) is 6.65. The minimum absolute atomic E-state index is 0.0428. The second-order valence-electron chi connectivity index (χ2n) is 8.27. The number of amides is 1. The molecule has 1 atom stereocenters. The van der Waals surface area contributed by atoms with Crippen LogP contribution in [-0.4, -0.2) is 67.4 Å². The van der Waals surface area contributed by atoms with E-state index in [0.29, 0.717) is 23.9 Å². The van der Waals surface area contributed by atoms with Crippen molar-refractivity contribution in [3.8, 4) is 11.5 Å². The van der Waals surface area contributed by atoms with Gasteiger partial charge in [-0.05, 0) is 55.7 Å². The summed E-state index contributed by atoms with van der Waals surface area (Å²) in [5, 5.41) is 0.740. The van der Waals surface area contributed by atoms with Crippen molar-refractivity contribution in [3.63, 3.8) is 0 Å². The summed E-state index contributed by atoms with van der Waals surface area (Å²) < 4.78 is 30.4. The Kier molecular flexibility index (Phi) is 8.17. The van der Waals surface area contributed by atoms with E-state index in [9.17, 15) is 9.18 Å². The number of rotatable bonds is 9. The number of nitrogens with zero attached hydrogens (tertiary/aromatic N) is 2. The third-order valence-corrected chi connectivity index (χ3v) is 6.49. The fourth-order valence-corrected chi connectivity index (χ4v) is 4.39. The molecule has 2 aromatic rings. The Morgan fingerprint density at radius 2 is 1.76 bits per heavy atom. The highest BCUT2D eigenvalue weighted by atomic mass is 35.5. The molecule has 0 N–H and O–H groups in total. The maximum Gasteiger partial charge on any atom is 0.410 e. The van der Waals surface area contributed by atoms with Gasteiger partial charge in [-0.3, -0.25) is 0 Å². The van der Waals surface area contributed by atoms with Gasteiger partial charge in [0.25, 0.3) is 0 Å². The van der Waals surface area contributed by atoms with Gasteiger partial charge < -0.3 is 24.0 Å². The molecule has 0 radical (unpaired) electrons. The number of piperidine rings is 1. The van der Waals surface area contributed by atoms with E-state index in [0.717, 1.165) is 44.6 Å². The van der Waals surface area contributed by atoms with Crippen LogP contribution in [0.15, 0.2) is 42.5 Å². The first-order chi connectivity index (χ1) is 16.0. The van der Waals surface area contributed by atoms with Crippen molar-refractivity contribution in [2.75, 3.05) is 39.4 Å². The van der Waals surface area contributed by atoms with Crippen LogP contribution in [0.5, 0.6) is 11.5 Å². The van der Waals surface area contributed by atoms with Crippen molar-refractivity contribution < 1.29 is 23.4 Å². The Bertz CT molecular complexity index is 939. The van der Waals surface area contributed by atoms with E-state index in [4.69, 9.17) is 37.4 Å². The monoisotopic (exact) mass is 496 g/mol. The number of hydrogen-bond acceptors (Lipinski definition) is 5. The number of carbonyl (C=O) groups is 1. The molecular weight excluding hydrogens is 470 g/mol. The number of likely N-dealkylation sites (tertiary alicyclic amines) is 1. The first-order valence-corrected chi connectivity index (χ1v) is 11.9. The number of benzene rings is 2. The lowest BCUT2D eigenvalue weighted by molar-refractivity contribution is 0.0971. The SMILES string of the molecule is O=C1OC(COc2ccc(Cl)c(F)c2)CN1C1CCN(CCCOc2ccc(Cl)cc2)CC1. The maximum atomic E-state index is 13.5. The summed E-state index contributed by atoms with van der Waals surface area (Å²) in [5.74, 6) is 0.646. The highest BCUT2D eigenvalue weighted by Gasteiger charge is 2.37. The van der Waals surface area contributed by atoms with Crippen LogP contribution >= 0.6 is 23.2 Å². The number of ether oxygens (including phenoxy) is 3. The molecule has 1 amide bonds. The zero-order chi connectivity index (χ0) is 23.2. The van der Waals surface area contributed by atoms with E-state index < -0.39 is 5.82 Å². The van der Waals surface area contributed by atoms with Gasteiger partial charge in [0.1, 0.15) is 23.9 Å².